The first-order valence-electron chi connectivity index (χ1n) is 9.65. The molecule has 0 aliphatic carbocycles. The molecule has 2 atom stereocenters. The van der Waals surface area contributed by atoms with E-state index in [9.17, 15) is 4.79 Å². The topological polar surface area (TPSA) is 35.5 Å². The molecular weight excluding hydrogens is 276 g/mol. The standard InChI is InChI=1S/C19H36O3/c1-3-5-7-9-11-13-15-17-18(22-19(20)21-17)16-14-12-10-8-6-4-2/h17-18H,3-16H2,1-2H3. The molecule has 1 aliphatic heterocycles. The van der Waals surface area contributed by atoms with Gasteiger partial charge in [-0.3, -0.25) is 0 Å². The maximum absolute atomic E-state index is 11.4. The van der Waals surface area contributed by atoms with Crippen LogP contribution in [0.25, 0.3) is 0 Å². The first kappa shape index (κ1) is 19.3. The third kappa shape index (κ3) is 8.65. The summed E-state index contributed by atoms with van der Waals surface area (Å²) in [5.74, 6) is 0. The normalized spacial score (nSPS) is 20.9. The molecule has 0 N–H and O–H groups in total. The van der Waals surface area contributed by atoms with Gasteiger partial charge < -0.3 is 9.47 Å². The van der Waals surface area contributed by atoms with Crippen LogP contribution in [0.2, 0.25) is 0 Å². The highest BCUT2D eigenvalue weighted by atomic mass is 16.8. The Morgan fingerprint density at radius 1 is 0.636 bits per heavy atom. The maximum Gasteiger partial charge on any atom is 0.509 e. The van der Waals surface area contributed by atoms with Crippen LogP contribution in [-0.2, 0) is 9.47 Å². The van der Waals surface area contributed by atoms with Crippen LogP contribution in [-0.4, -0.2) is 18.4 Å². The van der Waals surface area contributed by atoms with E-state index in [1.807, 2.05) is 0 Å². The highest BCUT2D eigenvalue weighted by Crippen LogP contribution is 2.25. The van der Waals surface area contributed by atoms with Crippen molar-refractivity contribution < 1.29 is 14.3 Å². The van der Waals surface area contributed by atoms with Gasteiger partial charge in [0, 0.05) is 0 Å². The zero-order chi connectivity index (χ0) is 16.0. The molecule has 0 bridgehead atoms. The highest BCUT2D eigenvalue weighted by molar-refractivity contribution is 5.62. The van der Waals surface area contributed by atoms with Crippen LogP contribution in [0.5, 0.6) is 0 Å². The molecule has 1 aliphatic rings. The lowest BCUT2D eigenvalue weighted by molar-refractivity contribution is 0.114. The number of hydrogen-bond acceptors (Lipinski definition) is 3. The van der Waals surface area contributed by atoms with Crippen molar-refractivity contribution in [1.82, 2.24) is 0 Å². The SMILES string of the molecule is CCCCCCCCC1OC(=O)OC1CCCCCCCC. The van der Waals surface area contributed by atoms with Crippen LogP contribution < -0.4 is 0 Å². The van der Waals surface area contributed by atoms with Crippen LogP contribution in [0.15, 0.2) is 0 Å². The van der Waals surface area contributed by atoms with E-state index < -0.39 is 6.16 Å². The first-order valence-corrected chi connectivity index (χ1v) is 9.65. The number of ether oxygens (including phenoxy) is 2. The van der Waals surface area contributed by atoms with Crippen LogP contribution in [0.4, 0.5) is 4.79 Å². The zero-order valence-corrected chi connectivity index (χ0v) is 14.8. The molecule has 0 aromatic rings. The van der Waals surface area contributed by atoms with Gasteiger partial charge in [0.25, 0.3) is 0 Å². The van der Waals surface area contributed by atoms with Gasteiger partial charge in [-0.15, -0.1) is 0 Å². The van der Waals surface area contributed by atoms with Gasteiger partial charge in [0.15, 0.2) is 0 Å². The monoisotopic (exact) mass is 312 g/mol. The Morgan fingerprint density at radius 3 is 1.41 bits per heavy atom. The molecule has 1 saturated heterocycles. The van der Waals surface area contributed by atoms with Gasteiger partial charge in [-0.1, -0.05) is 78.1 Å². The lowest BCUT2D eigenvalue weighted by atomic mass is 10.00. The molecule has 1 heterocycles. The Labute approximate surface area is 137 Å². The van der Waals surface area contributed by atoms with E-state index in [4.69, 9.17) is 9.47 Å². The average Bonchev–Trinajstić information content (AvgIpc) is 2.86. The second kappa shape index (κ2) is 12.8. The number of carbonyl (C=O) groups is 1. The second-order valence-corrected chi connectivity index (χ2v) is 6.68. The minimum atomic E-state index is -0.452. The van der Waals surface area contributed by atoms with Gasteiger partial charge in [-0.25, -0.2) is 4.79 Å². The van der Waals surface area contributed by atoms with Gasteiger partial charge in [0.1, 0.15) is 12.2 Å². The summed E-state index contributed by atoms with van der Waals surface area (Å²) in [7, 11) is 0. The quantitative estimate of drug-likeness (QED) is 0.275. The number of hydrogen-bond donors (Lipinski definition) is 0. The molecule has 1 fully saturated rings. The lowest BCUT2D eigenvalue weighted by Crippen LogP contribution is -2.22. The second-order valence-electron chi connectivity index (χ2n) is 6.68. The molecule has 0 spiro atoms. The summed E-state index contributed by atoms with van der Waals surface area (Å²) in [4.78, 5) is 11.4. The Balaban J connectivity index is 2.08. The maximum atomic E-state index is 11.4. The zero-order valence-electron chi connectivity index (χ0n) is 14.8. The van der Waals surface area contributed by atoms with Crippen LogP contribution >= 0.6 is 0 Å². The molecule has 0 aromatic carbocycles. The van der Waals surface area contributed by atoms with E-state index in [1.165, 1.54) is 64.2 Å². The van der Waals surface area contributed by atoms with Gasteiger partial charge >= 0.3 is 6.16 Å². The predicted molar refractivity (Wildman–Crippen MR) is 91.1 cm³/mol. The molecule has 1 rings (SSSR count). The molecule has 0 amide bonds. The van der Waals surface area contributed by atoms with E-state index in [0.29, 0.717) is 0 Å². The lowest BCUT2D eigenvalue weighted by Gasteiger charge is -2.15. The molecular formula is C19H36O3. The fraction of sp³-hybridized carbons (Fsp3) is 0.947. The number of rotatable bonds is 14. The van der Waals surface area contributed by atoms with E-state index >= 15 is 0 Å². The van der Waals surface area contributed by atoms with Crippen molar-refractivity contribution in [3.05, 3.63) is 0 Å². The summed E-state index contributed by atoms with van der Waals surface area (Å²) in [5.41, 5.74) is 0. The third-order valence-corrected chi connectivity index (χ3v) is 4.59. The Hall–Kier alpha value is -0.730. The van der Waals surface area contributed by atoms with E-state index in [2.05, 4.69) is 13.8 Å². The van der Waals surface area contributed by atoms with E-state index in [1.54, 1.807) is 0 Å². The van der Waals surface area contributed by atoms with Crippen LogP contribution in [0.1, 0.15) is 104 Å². The fourth-order valence-electron chi connectivity index (χ4n) is 3.17. The van der Waals surface area contributed by atoms with Gasteiger partial charge in [-0.05, 0) is 25.7 Å². The Kier molecular flexibility index (Phi) is 11.2. The minimum Gasteiger partial charge on any atom is -0.427 e. The summed E-state index contributed by atoms with van der Waals surface area (Å²) in [5, 5.41) is 0. The van der Waals surface area contributed by atoms with Gasteiger partial charge in [-0.2, -0.15) is 0 Å². The molecule has 3 nitrogen and oxygen atoms in total. The van der Waals surface area contributed by atoms with Crippen molar-refractivity contribution in [2.45, 2.75) is 116 Å². The largest absolute Gasteiger partial charge is 0.509 e. The summed E-state index contributed by atoms with van der Waals surface area (Å²) >= 11 is 0. The van der Waals surface area contributed by atoms with E-state index in [0.717, 1.165) is 25.7 Å². The molecule has 3 heteroatoms. The summed E-state index contributed by atoms with van der Waals surface area (Å²) in [6.45, 7) is 4.48. The fourth-order valence-corrected chi connectivity index (χ4v) is 3.17. The third-order valence-electron chi connectivity index (χ3n) is 4.59. The minimum absolute atomic E-state index is 0.00863. The van der Waals surface area contributed by atoms with Crippen molar-refractivity contribution in [1.29, 1.82) is 0 Å². The number of unbranched alkanes of at least 4 members (excludes halogenated alkanes) is 10. The summed E-state index contributed by atoms with van der Waals surface area (Å²) < 4.78 is 10.7. The number of carbonyl (C=O) groups excluding carboxylic acids is 1. The van der Waals surface area contributed by atoms with Gasteiger partial charge in [0.05, 0.1) is 0 Å². The number of cyclic esters (lactones) is 2. The van der Waals surface area contributed by atoms with Crippen LogP contribution in [0, 0.1) is 0 Å². The highest BCUT2D eigenvalue weighted by Gasteiger charge is 2.35. The average molecular weight is 312 g/mol. The van der Waals surface area contributed by atoms with Gasteiger partial charge in [0.2, 0.25) is 0 Å². The predicted octanol–water partition coefficient (Wildman–Crippen LogP) is 6.39. The van der Waals surface area contributed by atoms with Crippen molar-refractivity contribution in [2.75, 3.05) is 0 Å². The molecule has 130 valence electrons. The summed E-state index contributed by atoms with van der Waals surface area (Å²) in [6.07, 6.45) is 16.8. The van der Waals surface area contributed by atoms with Crippen molar-refractivity contribution in [3.63, 3.8) is 0 Å². The van der Waals surface area contributed by atoms with E-state index in [-0.39, 0.29) is 12.2 Å². The van der Waals surface area contributed by atoms with Crippen LogP contribution in [0.3, 0.4) is 0 Å². The first-order chi connectivity index (χ1) is 10.8. The molecule has 2 unspecified atom stereocenters. The molecule has 0 aromatic heterocycles. The van der Waals surface area contributed by atoms with Crippen molar-refractivity contribution in [3.8, 4) is 0 Å². The Bertz CT molecular complexity index is 252. The Morgan fingerprint density at radius 2 is 1.00 bits per heavy atom. The van der Waals surface area contributed by atoms with Crippen molar-refractivity contribution >= 4 is 6.16 Å². The molecule has 22 heavy (non-hydrogen) atoms. The molecule has 0 radical (unpaired) electrons. The summed E-state index contributed by atoms with van der Waals surface area (Å²) in [6, 6.07) is 0. The van der Waals surface area contributed by atoms with Crippen molar-refractivity contribution in [2.24, 2.45) is 0 Å². The smallest absolute Gasteiger partial charge is 0.427 e. The molecule has 0 saturated carbocycles.